The van der Waals surface area contributed by atoms with Crippen molar-refractivity contribution in [2.45, 2.75) is 37.0 Å². The van der Waals surface area contributed by atoms with Crippen LogP contribution in [0.5, 0.6) is 0 Å². The fourth-order valence-corrected chi connectivity index (χ4v) is 4.63. The van der Waals surface area contributed by atoms with E-state index in [0.29, 0.717) is 29.1 Å². The summed E-state index contributed by atoms with van der Waals surface area (Å²) in [4.78, 5) is 31.3. The van der Waals surface area contributed by atoms with E-state index in [1.165, 1.54) is 17.2 Å². The van der Waals surface area contributed by atoms with Crippen LogP contribution in [0.1, 0.15) is 12.6 Å². The summed E-state index contributed by atoms with van der Waals surface area (Å²) in [5, 5.41) is 36.6. The standard InChI is InChI=1S/C15H22N6O5S.CH2O2.Li/c1-27(3-2-7(16)15(24)25)4-8-10(22)11(23)14(26-8)21-6-20-9-12(17)18-5-19-13(9)21;2-1-3;/h5-8,10-11,14,22-23H,2-4,16H2,1H3,(H2-,17,18,19,24,25);1H,(H,2,3);/q;;+1/p+1/t7-,8+,10+,11+,14+,27?;;/m0../s1. The van der Waals surface area contributed by atoms with Gasteiger partial charge >= 0.3 is 24.8 Å². The molecule has 6 atom stereocenters. The number of carboxylic acids is 1. The van der Waals surface area contributed by atoms with Crippen molar-refractivity contribution in [1.82, 2.24) is 19.5 Å². The summed E-state index contributed by atoms with van der Waals surface area (Å²) in [6.45, 7) is -0.250. The van der Waals surface area contributed by atoms with Gasteiger partial charge in [-0.1, -0.05) is 0 Å². The SMILES string of the molecule is C[S+](CC[C@H](N)C(=O)O)C[C@H]1O[C@@H](n2cnc3c(N)ncnc32)[C@H](O)[C@@H]1O.O=CO.[Li+]. The van der Waals surface area contributed by atoms with Crippen LogP contribution in [-0.4, -0.2) is 94.5 Å². The van der Waals surface area contributed by atoms with Crippen molar-refractivity contribution in [3.8, 4) is 0 Å². The van der Waals surface area contributed by atoms with Crippen LogP contribution in [0.3, 0.4) is 0 Å². The molecule has 166 valence electrons. The number of aromatic nitrogens is 4. The molecule has 0 aromatic carbocycles. The third kappa shape index (κ3) is 6.53. The predicted molar refractivity (Wildman–Crippen MR) is 108 cm³/mol. The van der Waals surface area contributed by atoms with Crippen molar-refractivity contribution in [3.63, 3.8) is 0 Å². The first-order chi connectivity index (χ1) is 14.2. The van der Waals surface area contributed by atoms with Crippen molar-refractivity contribution in [3.05, 3.63) is 12.7 Å². The first-order valence-corrected chi connectivity index (χ1v) is 10.8. The average molecular weight is 452 g/mol. The zero-order chi connectivity index (χ0) is 22.4. The molecule has 1 unspecified atom stereocenters. The molecule has 1 aliphatic rings. The minimum Gasteiger partial charge on any atom is -0.483 e. The Bertz CT molecular complexity index is 874. The Morgan fingerprint density at radius 2 is 2.00 bits per heavy atom. The summed E-state index contributed by atoms with van der Waals surface area (Å²) < 4.78 is 7.41. The summed E-state index contributed by atoms with van der Waals surface area (Å²) in [5.41, 5.74) is 12.1. The van der Waals surface area contributed by atoms with Crippen LogP contribution in [0.25, 0.3) is 11.2 Å². The molecule has 8 N–H and O–H groups in total. The minimum absolute atomic E-state index is 0. The van der Waals surface area contributed by atoms with Gasteiger partial charge in [0.15, 0.2) is 17.7 Å². The average Bonchev–Trinajstić information content (AvgIpc) is 3.24. The first-order valence-electron chi connectivity index (χ1n) is 8.81. The number of rotatable bonds is 7. The van der Waals surface area contributed by atoms with Crippen molar-refractivity contribution >= 4 is 40.3 Å². The van der Waals surface area contributed by atoms with Crippen LogP contribution in [-0.2, 0) is 25.2 Å². The Balaban J connectivity index is 0.00000113. The fourth-order valence-electron chi connectivity index (χ4n) is 2.97. The topological polar surface area (TPSA) is 220 Å². The molecule has 2 aromatic heterocycles. The molecule has 0 bridgehead atoms. The predicted octanol–water partition coefficient (Wildman–Crippen LogP) is -5.22. The van der Waals surface area contributed by atoms with Gasteiger partial charge in [-0.15, -0.1) is 0 Å². The molecule has 0 saturated carbocycles. The number of ether oxygens (including phenoxy) is 1. The van der Waals surface area contributed by atoms with Gasteiger partial charge in [-0.3, -0.25) is 14.2 Å². The van der Waals surface area contributed by atoms with Crippen LogP contribution < -0.4 is 30.3 Å². The molecule has 31 heavy (non-hydrogen) atoms. The Morgan fingerprint density at radius 1 is 1.35 bits per heavy atom. The monoisotopic (exact) mass is 452 g/mol. The second-order valence-electron chi connectivity index (χ2n) is 6.62. The number of carboxylic acid groups (broad SMARTS) is 2. The van der Waals surface area contributed by atoms with E-state index in [4.69, 9.17) is 31.2 Å². The Kier molecular flexibility index (Phi) is 10.7. The van der Waals surface area contributed by atoms with E-state index in [1.54, 1.807) is 0 Å². The van der Waals surface area contributed by atoms with E-state index in [2.05, 4.69) is 15.0 Å². The van der Waals surface area contributed by atoms with Gasteiger partial charge in [0.25, 0.3) is 6.47 Å². The summed E-state index contributed by atoms with van der Waals surface area (Å²) in [6, 6.07) is -0.907. The number of carbonyl (C=O) groups is 2. The summed E-state index contributed by atoms with van der Waals surface area (Å²) >= 11 is 0. The van der Waals surface area contributed by atoms with Crippen molar-refractivity contribution in [1.29, 1.82) is 0 Å². The van der Waals surface area contributed by atoms with Gasteiger partial charge in [-0.05, 0) is 10.9 Å². The molecule has 13 nitrogen and oxygen atoms in total. The Hall–Kier alpha value is -1.92. The molecule has 1 aliphatic heterocycles. The summed E-state index contributed by atoms with van der Waals surface area (Å²) in [6.07, 6.45) is 1.31. The van der Waals surface area contributed by atoms with Crippen LogP contribution in [0, 0.1) is 0 Å². The number of hydrogen-bond acceptors (Lipinski definition) is 10. The number of hydrogen-bond donors (Lipinski definition) is 6. The Morgan fingerprint density at radius 3 is 2.61 bits per heavy atom. The van der Waals surface area contributed by atoms with E-state index in [1.807, 2.05) is 6.26 Å². The molecule has 3 rings (SSSR count). The molecule has 0 spiro atoms. The van der Waals surface area contributed by atoms with Gasteiger partial charge < -0.3 is 36.6 Å². The zero-order valence-corrected chi connectivity index (χ0v) is 17.9. The van der Waals surface area contributed by atoms with Gasteiger partial charge in [0.05, 0.1) is 12.6 Å². The smallest absolute Gasteiger partial charge is 0.483 e. The normalized spacial score (nSPS) is 24.5. The van der Waals surface area contributed by atoms with E-state index < -0.39 is 36.6 Å². The number of nitrogens with zero attached hydrogens (tertiary/aromatic N) is 4. The van der Waals surface area contributed by atoms with Crippen molar-refractivity contribution < 1.29 is 53.6 Å². The van der Waals surface area contributed by atoms with Crippen molar-refractivity contribution in [2.75, 3.05) is 23.5 Å². The number of aliphatic hydroxyl groups is 2. The quantitative estimate of drug-likeness (QED) is 0.132. The number of anilines is 1. The molecular weight excluding hydrogens is 427 g/mol. The number of nitrogen functional groups attached to an aromatic ring is 1. The molecule has 0 amide bonds. The third-order valence-electron chi connectivity index (χ3n) is 4.54. The fraction of sp³-hybridized carbons (Fsp3) is 0.562. The van der Waals surface area contributed by atoms with E-state index in [0.717, 1.165) is 0 Å². The van der Waals surface area contributed by atoms with Crippen LogP contribution >= 0.6 is 0 Å². The molecule has 1 saturated heterocycles. The molecular formula is C16H25LiN6O7S+2. The number of aliphatic hydroxyl groups excluding tert-OH is 2. The largest absolute Gasteiger partial charge is 1.00 e. The molecule has 3 heterocycles. The van der Waals surface area contributed by atoms with Crippen LogP contribution in [0.2, 0.25) is 0 Å². The third-order valence-corrected chi connectivity index (χ3v) is 6.37. The molecule has 0 aliphatic carbocycles. The Labute approximate surface area is 192 Å². The molecule has 15 heteroatoms. The maximum Gasteiger partial charge on any atom is 1.00 e. The molecule has 2 aromatic rings. The van der Waals surface area contributed by atoms with Gasteiger partial charge in [0.2, 0.25) is 0 Å². The molecule has 0 radical (unpaired) electrons. The number of aliphatic carboxylic acids is 1. The first kappa shape index (κ1) is 27.1. The summed E-state index contributed by atoms with van der Waals surface area (Å²) in [7, 11) is -0.235. The molecule has 1 fully saturated rings. The second kappa shape index (κ2) is 12.2. The van der Waals surface area contributed by atoms with Crippen molar-refractivity contribution in [2.24, 2.45) is 5.73 Å². The summed E-state index contributed by atoms with van der Waals surface area (Å²) in [5.74, 6) is 0.254. The van der Waals surface area contributed by atoms with Gasteiger partial charge in [0, 0.05) is 6.42 Å². The minimum atomic E-state index is -1.16. The van der Waals surface area contributed by atoms with E-state index >= 15 is 0 Å². The second-order valence-corrected chi connectivity index (χ2v) is 8.92. The van der Waals surface area contributed by atoms with Gasteiger partial charge in [0.1, 0.15) is 47.7 Å². The number of nitrogens with two attached hydrogens (primary N) is 2. The maximum absolute atomic E-state index is 10.8. The number of fused-ring (bicyclic) bond motifs is 1. The maximum atomic E-state index is 10.8. The number of imidazole rings is 1. The van der Waals surface area contributed by atoms with Gasteiger partial charge in [-0.25, -0.2) is 15.0 Å². The van der Waals surface area contributed by atoms with Gasteiger partial charge in [-0.2, -0.15) is 0 Å². The van der Waals surface area contributed by atoms with E-state index in [-0.39, 0.29) is 42.0 Å². The van der Waals surface area contributed by atoms with Crippen LogP contribution in [0.15, 0.2) is 12.7 Å². The van der Waals surface area contributed by atoms with E-state index in [9.17, 15) is 15.0 Å². The zero-order valence-electron chi connectivity index (χ0n) is 17.1. The van der Waals surface area contributed by atoms with Crippen LogP contribution in [0.4, 0.5) is 5.82 Å².